The molecule has 8 nitrogen and oxygen atoms in total. The van der Waals surface area contributed by atoms with E-state index in [-0.39, 0.29) is 11.9 Å². The van der Waals surface area contributed by atoms with Crippen molar-refractivity contribution in [2.24, 2.45) is 0 Å². The monoisotopic (exact) mass is 361 g/mol. The Morgan fingerprint density at radius 3 is 3.00 bits per heavy atom. The fraction of sp³-hybridized carbons (Fsp3) is 0.316. The maximum absolute atomic E-state index is 13.2. The molecular weight excluding hydrogens is 342 g/mol. The van der Waals surface area contributed by atoms with E-state index in [2.05, 4.69) is 20.5 Å². The number of carbonyl (C=O) groups is 1. The van der Waals surface area contributed by atoms with Gasteiger partial charge in [0, 0.05) is 24.8 Å². The van der Waals surface area contributed by atoms with E-state index in [0.717, 1.165) is 41.9 Å². The Bertz CT molecular complexity index is 1150. The van der Waals surface area contributed by atoms with Gasteiger partial charge in [-0.1, -0.05) is 11.3 Å². The van der Waals surface area contributed by atoms with Crippen LogP contribution in [0.3, 0.4) is 0 Å². The molecule has 0 radical (unpaired) electrons. The van der Waals surface area contributed by atoms with E-state index in [1.807, 2.05) is 63.5 Å². The van der Waals surface area contributed by atoms with E-state index < -0.39 is 0 Å². The number of fused-ring (bicyclic) bond motifs is 2. The van der Waals surface area contributed by atoms with Gasteiger partial charge in [0.25, 0.3) is 5.91 Å². The van der Waals surface area contributed by atoms with Crippen molar-refractivity contribution in [1.29, 1.82) is 0 Å². The molecule has 4 aromatic rings. The molecule has 1 saturated heterocycles. The summed E-state index contributed by atoms with van der Waals surface area (Å²) in [5, 5.41) is 16.9. The Morgan fingerprint density at radius 1 is 1.19 bits per heavy atom. The van der Waals surface area contributed by atoms with Crippen molar-refractivity contribution in [1.82, 2.24) is 34.5 Å². The van der Waals surface area contributed by atoms with Crippen molar-refractivity contribution >= 4 is 22.6 Å². The van der Waals surface area contributed by atoms with Gasteiger partial charge in [-0.05, 0) is 50.1 Å². The number of likely N-dealkylation sites (tertiary alicyclic amines) is 1. The Kier molecular flexibility index (Phi) is 3.63. The van der Waals surface area contributed by atoms with Gasteiger partial charge in [-0.2, -0.15) is 0 Å². The molecule has 8 heteroatoms. The van der Waals surface area contributed by atoms with Crippen LogP contribution in [0.15, 0.2) is 42.6 Å². The number of carbonyl (C=O) groups excluding carboxylic acids is 1. The van der Waals surface area contributed by atoms with Crippen LogP contribution in [0.4, 0.5) is 0 Å². The summed E-state index contributed by atoms with van der Waals surface area (Å²) < 4.78 is 3.79. The van der Waals surface area contributed by atoms with Gasteiger partial charge in [0.2, 0.25) is 0 Å². The van der Waals surface area contributed by atoms with E-state index >= 15 is 0 Å². The Hall–Kier alpha value is -3.29. The van der Waals surface area contributed by atoms with E-state index in [1.165, 1.54) is 0 Å². The summed E-state index contributed by atoms with van der Waals surface area (Å²) in [7, 11) is 0. The average Bonchev–Trinajstić information content (AvgIpc) is 3.43. The number of amides is 1. The molecule has 0 spiro atoms. The maximum Gasteiger partial charge on any atom is 0.254 e. The van der Waals surface area contributed by atoms with Crippen molar-refractivity contribution in [3.8, 4) is 0 Å². The number of hydrogen-bond acceptors (Lipinski definition) is 5. The van der Waals surface area contributed by atoms with Gasteiger partial charge in [0.1, 0.15) is 5.52 Å². The summed E-state index contributed by atoms with van der Waals surface area (Å²) in [5.41, 5.74) is 3.11. The molecule has 0 bridgehead atoms. The molecule has 1 amide bonds. The molecule has 0 aliphatic carbocycles. The summed E-state index contributed by atoms with van der Waals surface area (Å²) in [6.07, 6.45) is 3.78. The van der Waals surface area contributed by atoms with E-state index in [4.69, 9.17) is 0 Å². The Labute approximate surface area is 155 Å². The first kappa shape index (κ1) is 15.9. The highest BCUT2D eigenvalue weighted by molar-refractivity contribution is 5.97. The summed E-state index contributed by atoms with van der Waals surface area (Å²) in [6, 6.07) is 11.3. The molecule has 136 valence electrons. The SMILES string of the molecule is CCn1nnc2cc(C(=O)N3CCCC3c3nnc4ccccn34)ccc21. The van der Waals surface area contributed by atoms with Crippen LogP contribution in [0, 0.1) is 0 Å². The zero-order valence-corrected chi connectivity index (χ0v) is 15.0. The summed E-state index contributed by atoms with van der Waals surface area (Å²) in [6.45, 7) is 3.48. The van der Waals surface area contributed by atoms with Crippen molar-refractivity contribution in [2.45, 2.75) is 32.4 Å². The van der Waals surface area contributed by atoms with Gasteiger partial charge in [-0.15, -0.1) is 15.3 Å². The predicted octanol–water partition coefficient (Wildman–Crippen LogP) is 2.47. The standard InChI is InChI=1S/C19H19N7O/c1-2-26-15-9-8-13(12-14(15)20-23-26)19(27)24-11-5-6-16(24)18-22-21-17-7-3-4-10-25(17)18/h3-4,7-10,12,16H,2,5-6,11H2,1H3. The molecule has 1 aliphatic heterocycles. The van der Waals surface area contributed by atoms with Crippen molar-refractivity contribution < 1.29 is 4.79 Å². The first-order valence-corrected chi connectivity index (χ1v) is 9.20. The maximum atomic E-state index is 13.2. The highest BCUT2D eigenvalue weighted by Crippen LogP contribution is 2.32. The predicted molar refractivity (Wildman–Crippen MR) is 99.2 cm³/mol. The zero-order chi connectivity index (χ0) is 18.4. The smallest absolute Gasteiger partial charge is 0.254 e. The number of aryl methyl sites for hydroxylation is 1. The van der Waals surface area contributed by atoms with Crippen LogP contribution in [-0.2, 0) is 6.54 Å². The minimum absolute atomic E-state index is 0.00173. The number of nitrogens with zero attached hydrogens (tertiary/aromatic N) is 7. The van der Waals surface area contributed by atoms with Gasteiger partial charge < -0.3 is 4.90 Å². The minimum Gasteiger partial charge on any atom is -0.328 e. The number of hydrogen-bond donors (Lipinski definition) is 0. The summed E-state index contributed by atoms with van der Waals surface area (Å²) in [5.74, 6) is 0.813. The third-order valence-electron chi connectivity index (χ3n) is 5.21. The van der Waals surface area contributed by atoms with Gasteiger partial charge in [-0.3, -0.25) is 9.20 Å². The molecule has 1 atom stereocenters. The molecular formula is C19H19N7O. The fourth-order valence-corrected chi connectivity index (χ4v) is 3.87. The molecule has 1 fully saturated rings. The largest absolute Gasteiger partial charge is 0.328 e. The van der Waals surface area contributed by atoms with Crippen LogP contribution >= 0.6 is 0 Å². The van der Waals surface area contributed by atoms with Crippen molar-refractivity contribution in [3.63, 3.8) is 0 Å². The quantitative estimate of drug-likeness (QED) is 0.560. The second-order valence-corrected chi connectivity index (χ2v) is 6.75. The van der Waals surface area contributed by atoms with E-state index in [0.29, 0.717) is 12.1 Å². The number of benzene rings is 1. The average molecular weight is 361 g/mol. The summed E-state index contributed by atoms with van der Waals surface area (Å²) >= 11 is 0. The zero-order valence-electron chi connectivity index (χ0n) is 15.0. The highest BCUT2D eigenvalue weighted by Gasteiger charge is 2.33. The fourth-order valence-electron chi connectivity index (χ4n) is 3.87. The molecule has 3 aromatic heterocycles. The molecule has 27 heavy (non-hydrogen) atoms. The first-order chi connectivity index (χ1) is 13.3. The number of aromatic nitrogens is 6. The number of rotatable bonds is 3. The molecule has 5 rings (SSSR count). The highest BCUT2D eigenvalue weighted by atomic mass is 16.2. The van der Waals surface area contributed by atoms with Gasteiger partial charge in [0.15, 0.2) is 11.5 Å². The molecule has 1 aliphatic rings. The van der Waals surface area contributed by atoms with Crippen molar-refractivity contribution in [2.75, 3.05) is 6.54 Å². The van der Waals surface area contributed by atoms with Crippen LogP contribution in [0.2, 0.25) is 0 Å². The molecule has 4 heterocycles. The van der Waals surface area contributed by atoms with Gasteiger partial charge >= 0.3 is 0 Å². The molecule has 1 unspecified atom stereocenters. The van der Waals surface area contributed by atoms with Crippen molar-refractivity contribution in [3.05, 3.63) is 54.0 Å². The van der Waals surface area contributed by atoms with E-state index in [1.54, 1.807) is 0 Å². The Balaban J connectivity index is 1.50. The van der Waals surface area contributed by atoms with E-state index in [9.17, 15) is 4.79 Å². The summed E-state index contributed by atoms with van der Waals surface area (Å²) in [4.78, 5) is 15.1. The lowest BCUT2D eigenvalue weighted by atomic mass is 10.1. The molecule has 0 N–H and O–H groups in total. The minimum atomic E-state index is -0.0723. The lowest BCUT2D eigenvalue weighted by molar-refractivity contribution is 0.0729. The lowest BCUT2D eigenvalue weighted by Crippen LogP contribution is -2.31. The van der Waals surface area contributed by atoms with Crippen LogP contribution in [0.1, 0.15) is 42.0 Å². The lowest BCUT2D eigenvalue weighted by Gasteiger charge is -2.23. The van der Waals surface area contributed by atoms with Gasteiger partial charge in [0.05, 0.1) is 11.6 Å². The number of pyridine rings is 1. The second kappa shape index (κ2) is 6.15. The first-order valence-electron chi connectivity index (χ1n) is 9.20. The van der Waals surface area contributed by atoms with Crippen LogP contribution in [-0.4, -0.2) is 46.9 Å². The molecule has 1 aromatic carbocycles. The van der Waals surface area contributed by atoms with Gasteiger partial charge in [-0.25, -0.2) is 4.68 Å². The normalized spacial score (nSPS) is 17.2. The van der Waals surface area contributed by atoms with Crippen LogP contribution in [0.25, 0.3) is 16.7 Å². The van der Waals surface area contributed by atoms with Crippen LogP contribution < -0.4 is 0 Å². The third-order valence-corrected chi connectivity index (χ3v) is 5.21. The topological polar surface area (TPSA) is 81.2 Å². The Morgan fingerprint density at radius 2 is 2.11 bits per heavy atom. The second-order valence-electron chi connectivity index (χ2n) is 6.75. The molecule has 0 saturated carbocycles. The van der Waals surface area contributed by atoms with Crippen LogP contribution in [0.5, 0.6) is 0 Å². The third kappa shape index (κ3) is 2.48.